The van der Waals surface area contributed by atoms with Crippen LogP contribution >= 0.6 is 0 Å². The van der Waals surface area contributed by atoms with E-state index in [1.807, 2.05) is 72.8 Å². The number of Topliss-reactive ketones (excluding diaryl/α,β-unsaturated/α-hetero) is 1. The van der Waals surface area contributed by atoms with Gasteiger partial charge >= 0.3 is 0 Å². The molecular formula is C32H33NO5. The van der Waals surface area contributed by atoms with E-state index in [0.717, 1.165) is 31.2 Å². The van der Waals surface area contributed by atoms with Crippen molar-refractivity contribution in [3.8, 4) is 5.75 Å². The van der Waals surface area contributed by atoms with Gasteiger partial charge in [0.05, 0.1) is 11.6 Å². The predicted molar refractivity (Wildman–Crippen MR) is 146 cm³/mol. The summed E-state index contributed by atoms with van der Waals surface area (Å²) >= 11 is 0. The van der Waals surface area contributed by atoms with Crippen LogP contribution in [-0.4, -0.2) is 42.0 Å². The van der Waals surface area contributed by atoms with Crippen molar-refractivity contribution in [2.24, 2.45) is 0 Å². The first-order chi connectivity index (χ1) is 18.6. The number of ketones is 1. The smallest absolute Gasteiger partial charge is 0.295 e. The van der Waals surface area contributed by atoms with Crippen LogP contribution in [0.2, 0.25) is 0 Å². The molecule has 0 aromatic heterocycles. The fraction of sp³-hybridized carbons (Fsp3) is 0.312. The Morgan fingerprint density at radius 2 is 1.74 bits per heavy atom. The summed E-state index contributed by atoms with van der Waals surface area (Å²) in [6.07, 6.45) is 4.82. The van der Waals surface area contributed by atoms with Crippen molar-refractivity contribution in [3.63, 3.8) is 0 Å². The van der Waals surface area contributed by atoms with Crippen LogP contribution in [0.1, 0.15) is 53.1 Å². The van der Waals surface area contributed by atoms with Crippen LogP contribution in [0, 0.1) is 0 Å². The van der Waals surface area contributed by atoms with Crippen molar-refractivity contribution in [1.29, 1.82) is 0 Å². The first kappa shape index (κ1) is 25.7. The summed E-state index contributed by atoms with van der Waals surface area (Å²) in [5.41, 5.74) is 4.92. The second-order valence-corrected chi connectivity index (χ2v) is 9.88. The Morgan fingerprint density at radius 1 is 0.947 bits per heavy atom. The lowest BCUT2D eigenvalue weighted by Crippen LogP contribution is -2.31. The number of aliphatic hydroxyl groups excluding tert-OH is 1. The quantitative estimate of drug-likeness (QED) is 0.175. The lowest BCUT2D eigenvalue weighted by atomic mass is 9.88. The third-order valence-corrected chi connectivity index (χ3v) is 7.33. The predicted octanol–water partition coefficient (Wildman–Crippen LogP) is 5.60. The number of hydrogen-bond acceptors (Lipinski definition) is 5. The number of carbonyl (C=O) groups is 2. The highest BCUT2D eigenvalue weighted by Gasteiger charge is 2.46. The van der Waals surface area contributed by atoms with Gasteiger partial charge in [0.1, 0.15) is 18.1 Å². The molecule has 3 aromatic rings. The largest absolute Gasteiger partial charge is 0.507 e. The molecule has 1 aliphatic heterocycles. The Bertz CT molecular complexity index is 1350. The van der Waals surface area contributed by atoms with E-state index in [-0.39, 0.29) is 11.3 Å². The number of aryl methyl sites for hydroxylation is 2. The maximum Gasteiger partial charge on any atom is 0.295 e. The van der Waals surface area contributed by atoms with Crippen molar-refractivity contribution in [2.75, 3.05) is 20.3 Å². The summed E-state index contributed by atoms with van der Waals surface area (Å²) in [6, 6.07) is 22.4. The molecule has 2 aliphatic rings. The summed E-state index contributed by atoms with van der Waals surface area (Å²) in [7, 11) is 1.61. The standard InChI is InChI=1S/C32H33NO5/c1-37-18-8-17-33-29(25-13-7-14-27(20-25)38-21-22-9-3-2-4-10-22)28(31(35)32(33)36)30(34)26-16-15-23-11-5-6-12-24(23)19-26/h2-4,7,9-10,13-16,19-20,29,34H,5-6,8,11-12,17-18,21H2,1H3/b30-28-. The molecule has 0 radical (unpaired) electrons. The SMILES string of the molecule is COCCCN1C(=O)C(=O)/C(=C(\O)c2ccc3c(c2)CCCC3)C1c1cccc(OCc2ccccc2)c1. The number of fused-ring (bicyclic) bond motifs is 1. The zero-order chi connectivity index (χ0) is 26.5. The summed E-state index contributed by atoms with van der Waals surface area (Å²) in [4.78, 5) is 28.1. The van der Waals surface area contributed by atoms with Gasteiger partial charge in [-0.3, -0.25) is 9.59 Å². The van der Waals surface area contributed by atoms with Crippen molar-refractivity contribution >= 4 is 17.4 Å². The van der Waals surface area contributed by atoms with E-state index in [1.54, 1.807) is 12.0 Å². The number of hydrogen-bond donors (Lipinski definition) is 1. The molecule has 0 saturated carbocycles. The molecule has 1 atom stereocenters. The number of carbonyl (C=O) groups excluding carboxylic acids is 2. The minimum atomic E-state index is -0.719. The number of nitrogens with zero attached hydrogens (tertiary/aromatic N) is 1. The van der Waals surface area contributed by atoms with E-state index < -0.39 is 17.7 Å². The number of likely N-dealkylation sites (tertiary alicyclic amines) is 1. The third kappa shape index (κ3) is 5.36. The molecule has 1 amide bonds. The van der Waals surface area contributed by atoms with Crippen LogP contribution in [0.5, 0.6) is 5.75 Å². The van der Waals surface area contributed by atoms with Gasteiger partial charge in [-0.25, -0.2) is 0 Å². The topological polar surface area (TPSA) is 76.1 Å². The van der Waals surface area contributed by atoms with E-state index >= 15 is 0 Å². The van der Waals surface area contributed by atoms with Crippen LogP contribution in [-0.2, 0) is 33.8 Å². The summed E-state index contributed by atoms with van der Waals surface area (Å²) < 4.78 is 11.2. The summed E-state index contributed by atoms with van der Waals surface area (Å²) in [5.74, 6) is -0.784. The normalized spacial score (nSPS) is 18.4. The number of aliphatic hydroxyl groups is 1. The number of methoxy groups -OCH3 is 1. The van der Waals surface area contributed by atoms with Crippen LogP contribution in [0.15, 0.2) is 78.4 Å². The average Bonchev–Trinajstić information content (AvgIpc) is 3.21. The second-order valence-electron chi connectivity index (χ2n) is 9.88. The molecule has 3 aromatic carbocycles. The van der Waals surface area contributed by atoms with E-state index in [1.165, 1.54) is 11.1 Å². The first-order valence-corrected chi connectivity index (χ1v) is 13.2. The molecule has 6 heteroatoms. The van der Waals surface area contributed by atoms with Gasteiger partial charge in [-0.1, -0.05) is 54.6 Å². The first-order valence-electron chi connectivity index (χ1n) is 13.2. The lowest BCUT2D eigenvalue weighted by molar-refractivity contribution is -0.140. The van der Waals surface area contributed by atoms with Crippen molar-refractivity contribution < 1.29 is 24.2 Å². The van der Waals surface area contributed by atoms with Crippen LogP contribution in [0.4, 0.5) is 0 Å². The molecule has 1 aliphatic carbocycles. The molecule has 6 nitrogen and oxygen atoms in total. The lowest BCUT2D eigenvalue weighted by Gasteiger charge is -2.26. The molecule has 1 N–H and O–H groups in total. The molecule has 1 fully saturated rings. The summed E-state index contributed by atoms with van der Waals surface area (Å²) in [5, 5.41) is 11.5. The van der Waals surface area contributed by atoms with Gasteiger partial charge in [0.25, 0.3) is 11.7 Å². The van der Waals surface area contributed by atoms with Gasteiger partial charge in [0.15, 0.2) is 0 Å². The number of ether oxygens (including phenoxy) is 2. The highest BCUT2D eigenvalue weighted by Crippen LogP contribution is 2.41. The molecule has 1 unspecified atom stereocenters. The zero-order valence-electron chi connectivity index (χ0n) is 21.7. The second kappa shape index (κ2) is 11.7. The fourth-order valence-electron chi connectivity index (χ4n) is 5.39. The van der Waals surface area contributed by atoms with Gasteiger partial charge < -0.3 is 19.5 Å². The minimum Gasteiger partial charge on any atom is -0.507 e. The van der Waals surface area contributed by atoms with E-state index in [9.17, 15) is 14.7 Å². The van der Waals surface area contributed by atoms with Gasteiger partial charge in [0, 0.05) is 25.8 Å². The Morgan fingerprint density at radius 3 is 2.53 bits per heavy atom. The molecule has 0 bridgehead atoms. The van der Waals surface area contributed by atoms with E-state index in [0.29, 0.717) is 43.1 Å². The average molecular weight is 512 g/mol. The van der Waals surface area contributed by atoms with Gasteiger partial charge in [-0.15, -0.1) is 0 Å². The number of benzene rings is 3. The molecule has 196 valence electrons. The van der Waals surface area contributed by atoms with Crippen LogP contribution < -0.4 is 4.74 Å². The molecule has 1 heterocycles. The molecule has 38 heavy (non-hydrogen) atoms. The minimum absolute atomic E-state index is 0.114. The van der Waals surface area contributed by atoms with Crippen molar-refractivity contribution in [3.05, 3.63) is 106 Å². The maximum atomic E-state index is 13.4. The highest BCUT2D eigenvalue weighted by atomic mass is 16.5. The Labute approximate surface area is 223 Å². The third-order valence-electron chi connectivity index (χ3n) is 7.33. The number of amides is 1. The number of rotatable bonds is 9. The molecule has 1 saturated heterocycles. The molecular weight excluding hydrogens is 478 g/mol. The molecule has 0 spiro atoms. The van der Waals surface area contributed by atoms with E-state index in [2.05, 4.69) is 0 Å². The van der Waals surface area contributed by atoms with Gasteiger partial charge in [-0.05, 0) is 72.6 Å². The Hall–Kier alpha value is -3.90. The zero-order valence-corrected chi connectivity index (χ0v) is 21.7. The maximum absolute atomic E-state index is 13.4. The Kier molecular flexibility index (Phi) is 7.89. The van der Waals surface area contributed by atoms with Crippen molar-refractivity contribution in [2.45, 2.75) is 44.8 Å². The highest BCUT2D eigenvalue weighted by molar-refractivity contribution is 6.46. The fourth-order valence-corrected chi connectivity index (χ4v) is 5.39. The summed E-state index contributed by atoms with van der Waals surface area (Å²) in [6.45, 7) is 1.19. The Balaban J connectivity index is 1.52. The monoisotopic (exact) mass is 511 g/mol. The van der Waals surface area contributed by atoms with Gasteiger partial charge in [0.2, 0.25) is 0 Å². The van der Waals surface area contributed by atoms with Crippen LogP contribution in [0.3, 0.4) is 0 Å². The van der Waals surface area contributed by atoms with E-state index in [4.69, 9.17) is 9.47 Å². The van der Waals surface area contributed by atoms with Crippen LogP contribution in [0.25, 0.3) is 5.76 Å². The van der Waals surface area contributed by atoms with Gasteiger partial charge in [-0.2, -0.15) is 0 Å². The molecule has 5 rings (SSSR count). The van der Waals surface area contributed by atoms with Crippen molar-refractivity contribution in [1.82, 2.24) is 4.90 Å².